The van der Waals surface area contributed by atoms with Crippen molar-refractivity contribution in [2.24, 2.45) is 0 Å². The Kier molecular flexibility index (Phi) is 3.36. The van der Waals surface area contributed by atoms with E-state index in [1.54, 1.807) is 31.2 Å². The largest absolute Gasteiger partial charge is 0.384 e. The number of nitrogens with one attached hydrogen (secondary N) is 1. The molecule has 1 aromatic heterocycles. The monoisotopic (exact) mass is 268 g/mol. The second kappa shape index (κ2) is 4.77. The highest BCUT2D eigenvalue weighted by atomic mass is 35.5. The summed E-state index contributed by atoms with van der Waals surface area (Å²) in [6, 6.07) is 6.78. The molecule has 0 saturated heterocycles. The molecule has 0 aliphatic carbocycles. The molecule has 0 unspecified atom stereocenters. The number of benzene rings is 1. The first kappa shape index (κ1) is 12.0. The first-order valence-corrected chi connectivity index (χ1v) is 5.63. The number of nitrogen functional groups attached to an aromatic ring is 1. The van der Waals surface area contributed by atoms with Crippen LogP contribution in [0.1, 0.15) is 5.82 Å². The molecule has 0 aliphatic rings. The van der Waals surface area contributed by atoms with Crippen molar-refractivity contribution in [1.29, 1.82) is 0 Å². The molecule has 0 bridgehead atoms. The quantitative estimate of drug-likeness (QED) is 0.876. The van der Waals surface area contributed by atoms with Crippen LogP contribution >= 0.6 is 23.2 Å². The Morgan fingerprint density at radius 2 is 1.94 bits per heavy atom. The number of aryl methyl sites for hydroxylation is 1. The summed E-state index contributed by atoms with van der Waals surface area (Å²) in [6.45, 7) is 1.76. The van der Waals surface area contributed by atoms with Gasteiger partial charge >= 0.3 is 0 Å². The van der Waals surface area contributed by atoms with Crippen LogP contribution in [0, 0.1) is 6.92 Å². The maximum absolute atomic E-state index is 6.03. The summed E-state index contributed by atoms with van der Waals surface area (Å²) in [5.74, 6) is 1.57. The summed E-state index contributed by atoms with van der Waals surface area (Å²) in [6.07, 6.45) is 0. The second-order valence-corrected chi connectivity index (χ2v) is 4.32. The Morgan fingerprint density at radius 3 is 2.65 bits per heavy atom. The van der Waals surface area contributed by atoms with Gasteiger partial charge in [0.05, 0.1) is 10.7 Å². The maximum Gasteiger partial charge on any atom is 0.136 e. The summed E-state index contributed by atoms with van der Waals surface area (Å²) in [4.78, 5) is 8.18. The van der Waals surface area contributed by atoms with E-state index in [4.69, 9.17) is 28.9 Å². The van der Waals surface area contributed by atoms with Crippen LogP contribution in [0.3, 0.4) is 0 Å². The predicted octanol–water partition coefficient (Wildman–Crippen LogP) is 3.42. The van der Waals surface area contributed by atoms with Crippen molar-refractivity contribution in [1.82, 2.24) is 9.97 Å². The molecule has 0 aliphatic heterocycles. The average Bonchev–Trinajstić information content (AvgIpc) is 2.22. The molecule has 0 fully saturated rings. The molecule has 0 atom stereocenters. The van der Waals surface area contributed by atoms with Gasteiger partial charge in [-0.05, 0) is 25.1 Å². The zero-order chi connectivity index (χ0) is 12.4. The molecular formula is C11H10Cl2N4. The molecule has 88 valence electrons. The lowest BCUT2D eigenvalue weighted by atomic mass is 10.3. The molecule has 4 nitrogen and oxygen atoms in total. The second-order valence-electron chi connectivity index (χ2n) is 3.47. The minimum atomic E-state index is 0.401. The van der Waals surface area contributed by atoms with Crippen molar-refractivity contribution in [2.45, 2.75) is 6.92 Å². The van der Waals surface area contributed by atoms with Crippen LogP contribution in [-0.2, 0) is 0 Å². The van der Waals surface area contributed by atoms with Crippen LogP contribution in [0.2, 0.25) is 10.0 Å². The molecule has 0 spiro atoms. The molecule has 0 saturated carbocycles. The molecular weight excluding hydrogens is 259 g/mol. The summed E-state index contributed by atoms with van der Waals surface area (Å²) >= 11 is 11.9. The average molecular weight is 269 g/mol. The molecule has 1 aromatic carbocycles. The summed E-state index contributed by atoms with van der Waals surface area (Å²) < 4.78 is 0. The van der Waals surface area contributed by atoms with Gasteiger partial charge in [-0.3, -0.25) is 0 Å². The predicted molar refractivity (Wildman–Crippen MR) is 70.9 cm³/mol. The zero-order valence-electron chi connectivity index (χ0n) is 9.04. The summed E-state index contributed by atoms with van der Waals surface area (Å²) in [7, 11) is 0. The summed E-state index contributed by atoms with van der Waals surface area (Å²) in [5.41, 5.74) is 6.31. The fourth-order valence-corrected chi connectivity index (χ4v) is 1.72. The van der Waals surface area contributed by atoms with E-state index in [-0.39, 0.29) is 0 Å². The number of aromatic nitrogens is 2. The van der Waals surface area contributed by atoms with Gasteiger partial charge in [-0.2, -0.15) is 0 Å². The standard InChI is InChI=1S/C11H10Cl2N4/c1-6-15-10(14)5-11(16-6)17-9-4-7(12)2-3-8(9)13/h2-5H,1H3,(H3,14,15,16,17). The van der Waals surface area contributed by atoms with E-state index in [0.717, 1.165) is 0 Å². The SMILES string of the molecule is Cc1nc(N)cc(Nc2cc(Cl)ccc2Cl)n1. The van der Waals surface area contributed by atoms with Gasteiger partial charge in [-0.1, -0.05) is 23.2 Å². The van der Waals surface area contributed by atoms with Gasteiger partial charge in [0.2, 0.25) is 0 Å². The number of nitrogens with zero attached hydrogens (tertiary/aromatic N) is 2. The third kappa shape index (κ3) is 2.99. The molecule has 2 rings (SSSR count). The van der Waals surface area contributed by atoms with E-state index >= 15 is 0 Å². The first-order chi connectivity index (χ1) is 8.04. The maximum atomic E-state index is 6.03. The van der Waals surface area contributed by atoms with E-state index in [9.17, 15) is 0 Å². The highest BCUT2D eigenvalue weighted by molar-refractivity contribution is 6.35. The van der Waals surface area contributed by atoms with Crippen LogP contribution in [0.15, 0.2) is 24.3 Å². The van der Waals surface area contributed by atoms with E-state index in [2.05, 4.69) is 15.3 Å². The number of halogens is 2. The van der Waals surface area contributed by atoms with Crippen molar-refractivity contribution >= 4 is 40.5 Å². The van der Waals surface area contributed by atoms with Crippen LogP contribution in [0.5, 0.6) is 0 Å². The van der Waals surface area contributed by atoms with Crippen molar-refractivity contribution in [3.05, 3.63) is 40.1 Å². The Labute approximate surface area is 109 Å². The first-order valence-electron chi connectivity index (χ1n) is 4.88. The minimum Gasteiger partial charge on any atom is -0.384 e. The lowest BCUT2D eigenvalue weighted by Gasteiger charge is -2.09. The molecule has 1 heterocycles. The lowest BCUT2D eigenvalue weighted by molar-refractivity contribution is 1.06. The van der Waals surface area contributed by atoms with E-state index in [0.29, 0.717) is 33.2 Å². The number of anilines is 3. The molecule has 0 radical (unpaired) electrons. The third-order valence-corrected chi connectivity index (χ3v) is 2.61. The van der Waals surface area contributed by atoms with Crippen LogP contribution < -0.4 is 11.1 Å². The number of rotatable bonds is 2. The fourth-order valence-electron chi connectivity index (χ4n) is 1.39. The van der Waals surface area contributed by atoms with Gasteiger partial charge in [0, 0.05) is 11.1 Å². The van der Waals surface area contributed by atoms with Gasteiger partial charge in [0.25, 0.3) is 0 Å². The Bertz CT molecular complexity index is 537. The topological polar surface area (TPSA) is 63.8 Å². The molecule has 2 aromatic rings. The van der Waals surface area contributed by atoms with Crippen molar-refractivity contribution in [2.75, 3.05) is 11.1 Å². The highest BCUT2D eigenvalue weighted by Crippen LogP contribution is 2.28. The van der Waals surface area contributed by atoms with E-state index in [1.807, 2.05) is 0 Å². The van der Waals surface area contributed by atoms with Gasteiger partial charge in [-0.25, -0.2) is 9.97 Å². The Morgan fingerprint density at radius 1 is 1.18 bits per heavy atom. The zero-order valence-corrected chi connectivity index (χ0v) is 10.5. The number of nitrogens with two attached hydrogens (primary N) is 1. The lowest BCUT2D eigenvalue weighted by Crippen LogP contribution is -2.00. The van der Waals surface area contributed by atoms with Gasteiger partial charge in [-0.15, -0.1) is 0 Å². The minimum absolute atomic E-state index is 0.401. The molecule has 17 heavy (non-hydrogen) atoms. The normalized spacial score (nSPS) is 10.3. The van der Waals surface area contributed by atoms with E-state index in [1.165, 1.54) is 0 Å². The third-order valence-electron chi connectivity index (χ3n) is 2.05. The van der Waals surface area contributed by atoms with Gasteiger partial charge < -0.3 is 11.1 Å². The molecule has 3 N–H and O–H groups in total. The molecule has 0 amide bonds. The van der Waals surface area contributed by atoms with Crippen LogP contribution in [-0.4, -0.2) is 9.97 Å². The Balaban J connectivity index is 2.34. The van der Waals surface area contributed by atoms with Crippen LogP contribution in [0.25, 0.3) is 0 Å². The van der Waals surface area contributed by atoms with E-state index < -0.39 is 0 Å². The number of hydrogen-bond acceptors (Lipinski definition) is 4. The molecule has 6 heteroatoms. The van der Waals surface area contributed by atoms with Crippen molar-refractivity contribution in [3.8, 4) is 0 Å². The van der Waals surface area contributed by atoms with Gasteiger partial charge in [0.15, 0.2) is 0 Å². The van der Waals surface area contributed by atoms with Crippen molar-refractivity contribution < 1.29 is 0 Å². The van der Waals surface area contributed by atoms with Crippen LogP contribution in [0.4, 0.5) is 17.3 Å². The number of hydrogen-bond donors (Lipinski definition) is 2. The Hall–Kier alpha value is -1.52. The fraction of sp³-hybridized carbons (Fsp3) is 0.0909. The van der Waals surface area contributed by atoms with Gasteiger partial charge in [0.1, 0.15) is 17.5 Å². The highest BCUT2D eigenvalue weighted by Gasteiger charge is 2.04. The van der Waals surface area contributed by atoms with Crippen molar-refractivity contribution in [3.63, 3.8) is 0 Å². The summed E-state index contributed by atoms with van der Waals surface area (Å²) in [5, 5.41) is 4.20. The smallest absolute Gasteiger partial charge is 0.136 e.